The minimum absolute atomic E-state index is 0.105. The second kappa shape index (κ2) is 9.56. The number of hydrogen-bond donors (Lipinski definition) is 2. The maximum Gasteiger partial charge on any atom is 0.404 e. The number of amides is 2. The van der Waals surface area contributed by atoms with Crippen LogP contribution in [0.15, 0.2) is 42.5 Å². The Hall–Kier alpha value is -4.01. The van der Waals surface area contributed by atoms with Gasteiger partial charge in [-0.15, -0.1) is 0 Å². The van der Waals surface area contributed by atoms with Gasteiger partial charge in [0.1, 0.15) is 5.75 Å². The van der Waals surface area contributed by atoms with Crippen molar-refractivity contribution in [3.8, 4) is 17.3 Å². The largest absolute Gasteiger partial charge is 0.494 e. The molecule has 9 nitrogen and oxygen atoms in total. The van der Waals surface area contributed by atoms with Crippen molar-refractivity contribution in [3.05, 3.63) is 48.0 Å². The van der Waals surface area contributed by atoms with Gasteiger partial charge in [-0.25, -0.2) is 9.78 Å². The summed E-state index contributed by atoms with van der Waals surface area (Å²) in [4.78, 5) is 30.9. The Balaban J connectivity index is 1.49. The van der Waals surface area contributed by atoms with Crippen LogP contribution in [0.2, 0.25) is 0 Å². The molecule has 3 heterocycles. The molecule has 2 aromatic heterocycles. The van der Waals surface area contributed by atoms with Crippen molar-refractivity contribution in [2.45, 2.75) is 39.3 Å². The molecule has 1 unspecified atom stereocenters. The van der Waals surface area contributed by atoms with Crippen molar-refractivity contribution in [2.75, 3.05) is 19.7 Å². The van der Waals surface area contributed by atoms with E-state index in [4.69, 9.17) is 14.8 Å². The number of piperidine rings is 1. The number of nitrogens with zero attached hydrogens (tertiary/aromatic N) is 4. The van der Waals surface area contributed by atoms with Gasteiger partial charge >= 0.3 is 6.09 Å². The molecule has 1 fully saturated rings. The molecule has 1 aliphatic rings. The van der Waals surface area contributed by atoms with E-state index in [1.165, 1.54) is 0 Å². The third-order valence-corrected chi connectivity index (χ3v) is 6.90. The molecule has 0 aliphatic carbocycles. The lowest BCUT2D eigenvalue weighted by molar-refractivity contribution is 0.0692. The number of aromatic nitrogens is 3. The first-order valence-corrected chi connectivity index (χ1v) is 12.4. The van der Waals surface area contributed by atoms with Crippen molar-refractivity contribution < 1.29 is 19.4 Å². The molecule has 2 amide bonds. The Morgan fingerprint density at radius 1 is 1.14 bits per heavy atom. The first kappa shape index (κ1) is 23.7. The summed E-state index contributed by atoms with van der Waals surface area (Å²) in [6.45, 7) is 6.47. The van der Waals surface area contributed by atoms with Gasteiger partial charge in [0.15, 0.2) is 5.82 Å². The molecule has 2 aromatic carbocycles. The highest BCUT2D eigenvalue weighted by molar-refractivity contribution is 5.98. The third-order valence-electron chi connectivity index (χ3n) is 6.90. The minimum atomic E-state index is -1.06. The number of imidazole rings is 1. The van der Waals surface area contributed by atoms with Crippen molar-refractivity contribution in [1.82, 2.24) is 24.3 Å². The van der Waals surface area contributed by atoms with Crippen LogP contribution in [0.3, 0.4) is 0 Å². The smallest absolute Gasteiger partial charge is 0.404 e. The number of likely N-dealkylation sites (tertiary alicyclic amines) is 1. The maximum atomic E-state index is 13.2. The van der Waals surface area contributed by atoms with E-state index in [2.05, 4.69) is 39.6 Å². The Labute approximate surface area is 209 Å². The molecule has 1 atom stereocenters. The van der Waals surface area contributed by atoms with Gasteiger partial charge in [-0.2, -0.15) is 0 Å². The number of carbonyl (C=O) groups excluding carboxylic acids is 1. The van der Waals surface area contributed by atoms with Crippen molar-refractivity contribution in [3.63, 3.8) is 0 Å². The average molecular weight is 490 g/mol. The maximum absolute atomic E-state index is 13.2. The van der Waals surface area contributed by atoms with Crippen molar-refractivity contribution in [2.24, 2.45) is 7.05 Å². The monoisotopic (exact) mass is 489 g/mol. The highest BCUT2D eigenvalue weighted by Crippen LogP contribution is 2.32. The van der Waals surface area contributed by atoms with E-state index in [-0.39, 0.29) is 11.9 Å². The lowest BCUT2D eigenvalue weighted by atomic mass is 10.0. The van der Waals surface area contributed by atoms with E-state index >= 15 is 0 Å². The number of hydrogen-bond acceptors (Lipinski definition) is 4. The summed E-state index contributed by atoms with van der Waals surface area (Å²) in [6, 6.07) is 13.6. The molecule has 188 valence electrons. The summed E-state index contributed by atoms with van der Waals surface area (Å²) >= 11 is 0. The fourth-order valence-corrected chi connectivity index (χ4v) is 5.22. The normalized spacial score (nSPS) is 16.0. The van der Waals surface area contributed by atoms with Gasteiger partial charge < -0.3 is 29.2 Å². The Morgan fingerprint density at radius 2 is 1.97 bits per heavy atom. The van der Waals surface area contributed by atoms with E-state index in [1.54, 1.807) is 4.90 Å². The number of fused-ring (bicyclic) bond motifs is 2. The van der Waals surface area contributed by atoms with Gasteiger partial charge in [0.2, 0.25) is 0 Å². The molecule has 1 aliphatic heterocycles. The number of carbonyl (C=O) groups is 2. The summed E-state index contributed by atoms with van der Waals surface area (Å²) in [5, 5.41) is 12.7. The quantitative estimate of drug-likeness (QED) is 0.416. The number of carboxylic acid groups (broad SMARTS) is 1. The van der Waals surface area contributed by atoms with Crippen molar-refractivity contribution >= 4 is 33.9 Å². The predicted molar refractivity (Wildman–Crippen MR) is 139 cm³/mol. The van der Waals surface area contributed by atoms with Crippen LogP contribution in [0, 0.1) is 0 Å². The lowest BCUT2D eigenvalue weighted by Gasteiger charge is -2.32. The third kappa shape index (κ3) is 4.25. The first-order chi connectivity index (χ1) is 17.4. The van der Waals surface area contributed by atoms with E-state index < -0.39 is 6.09 Å². The van der Waals surface area contributed by atoms with Gasteiger partial charge in [0, 0.05) is 49.7 Å². The molecule has 9 heteroatoms. The highest BCUT2D eigenvalue weighted by atomic mass is 16.5. The second-order valence-corrected chi connectivity index (χ2v) is 9.17. The molecule has 5 rings (SSSR count). The second-order valence-electron chi connectivity index (χ2n) is 9.17. The van der Waals surface area contributed by atoms with Crippen LogP contribution in [0.5, 0.6) is 5.75 Å². The summed E-state index contributed by atoms with van der Waals surface area (Å²) in [7, 11) is 1.99. The topological polar surface area (TPSA) is 102 Å². The lowest BCUT2D eigenvalue weighted by Crippen LogP contribution is -2.49. The van der Waals surface area contributed by atoms with Crippen LogP contribution in [0.25, 0.3) is 33.5 Å². The van der Waals surface area contributed by atoms with Crippen LogP contribution in [-0.4, -0.2) is 61.9 Å². The Morgan fingerprint density at radius 3 is 2.72 bits per heavy atom. The van der Waals surface area contributed by atoms with E-state index in [0.29, 0.717) is 25.3 Å². The molecule has 4 aromatic rings. The Kier molecular flexibility index (Phi) is 6.30. The molecular formula is C27H31N5O4. The van der Waals surface area contributed by atoms with Crippen LogP contribution in [-0.2, 0) is 13.6 Å². The molecular weight excluding hydrogens is 458 g/mol. The minimum Gasteiger partial charge on any atom is -0.494 e. The first-order valence-electron chi connectivity index (χ1n) is 12.4. The molecule has 36 heavy (non-hydrogen) atoms. The van der Waals surface area contributed by atoms with Crippen LogP contribution >= 0.6 is 0 Å². The number of ether oxygens (including phenoxy) is 1. The van der Waals surface area contributed by atoms with Crippen molar-refractivity contribution in [1.29, 1.82) is 0 Å². The molecule has 0 radical (unpaired) electrons. The average Bonchev–Trinajstić information content (AvgIpc) is 3.39. The van der Waals surface area contributed by atoms with Gasteiger partial charge in [-0.1, -0.05) is 0 Å². The van der Waals surface area contributed by atoms with Gasteiger partial charge in [-0.3, -0.25) is 4.79 Å². The van der Waals surface area contributed by atoms with E-state index in [1.807, 2.05) is 38.2 Å². The molecule has 0 saturated carbocycles. The summed E-state index contributed by atoms with van der Waals surface area (Å²) in [5.74, 6) is 1.57. The SMILES string of the molecule is CCOc1ccc2cc(-c3nc4cc(C(=O)N5CCCC(NC(=O)O)C5)ccc4n3C)n(CC)c2c1. The van der Waals surface area contributed by atoms with Crippen LogP contribution < -0.4 is 10.1 Å². The van der Waals surface area contributed by atoms with E-state index in [9.17, 15) is 9.59 Å². The van der Waals surface area contributed by atoms with Crippen LogP contribution in [0.4, 0.5) is 4.79 Å². The fraction of sp³-hybridized carbons (Fsp3) is 0.370. The standard InChI is InChI=1S/C27H31N5O4/c1-4-32-23-15-20(36-5-2)10-8-17(23)14-24(32)25-29-21-13-18(9-11-22(21)30(25)3)26(33)31-12-6-7-19(16-31)28-27(34)35/h8-11,13-15,19,28H,4-7,12,16H2,1-3H3,(H,34,35). The number of nitrogens with one attached hydrogen (secondary N) is 1. The summed E-state index contributed by atoms with van der Waals surface area (Å²) < 4.78 is 10.00. The fourth-order valence-electron chi connectivity index (χ4n) is 5.22. The zero-order valence-electron chi connectivity index (χ0n) is 20.8. The molecule has 0 bridgehead atoms. The predicted octanol–water partition coefficient (Wildman–Crippen LogP) is 4.49. The number of rotatable bonds is 6. The van der Waals surface area contributed by atoms with Crippen LogP contribution in [0.1, 0.15) is 37.0 Å². The van der Waals surface area contributed by atoms with E-state index in [0.717, 1.165) is 58.6 Å². The zero-order chi connectivity index (χ0) is 25.4. The molecule has 0 spiro atoms. The number of benzene rings is 2. The van der Waals surface area contributed by atoms with Gasteiger partial charge in [0.05, 0.1) is 28.9 Å². The Bertz CT molecular complexity index is 1450. The number of aryl methyl sites for hydroxylation is 2. The summed E-state index contributed by atoms with van der Waals surface area (Å²) in [6.07, 6.45) is 0.436. The highest BCUT2D eigenvalue weighted by Gasteiger charge is 2.26. The summed E-state index contributed by atoms with van der Waals surface area (Å²) in [5.41, 5.74) is 4.34. The van der Waals surface area contributed by atoms with Gasteiger partial charge in [-0.05, 0) is 63.1 Å². The molecule has 1 saturated heterocycles. The zero-order valence-corrected chi connectivity index (χ0v) is 20.8. The van der Waals surface area contributed by atoms with Gasteiger partial charge in [0.25, 0.3) is 5.91 Å². The molecule has 2 N–H and O–H groups in total.